The summed E-state index contributed by atoms with van der Waals surface area (Å²) in [5.41, 5.74) is 4.27. The summed E-state index contributed by atoms with van der Waals surface area (Å²) in [5, 5.41) is 17.6. The van der Waals surface area contributed by atoms with E-state index in [0.717, 1.165) is 27.6 Å². The van der Waals surface area contributed by atoms with Crippen molar-refractivity contribution in [1.29, 1.82) is 0 Å². The van der Waals surface area contributed by atoms with Gasteiger partial charge in [0.05, 0.1) is 25.0 Å². The fourth-order valence-corrected chi connectivity index (χ4v) is 2.93. The maximum absolute atomic E-state index is 12.5. The van der Waals surface area contributed by atoms with Crippen LogP contribution >= 0.6 is 0 Å². The molecular weight excluding hydrogens is 330 g/mol. The Morgan fingerprint density at radius 3 is 2.92 bits per heavy atom. The van der Waals surface area contributed by atoms with Crippen molar-refractivity contribution >= 4 is 16.8 Å². The standard InChI is InChI=1S/C19H17N5O2/c1-26-18-7-12(5-6-15(18)14-9-21-22-10-14)19(25)20-8-13-3-2-4-17-16(13)11-23-24-17/h2-7,9-11H,8H2,1H3,(H,20,25)(H,21,22)(H,23,24). The second-order valence-electron chi connectivity index (χ2n) is 5.83. The lowest BCUT2D eigenvalue weighted by Gasteiger charge is -2.10. The highest BCUT2D eigenvalue weighted by molar-refractivity contribution is 5.96. The van der Waals surface area contributed by atoms with Crippen molar-refractivity contribution < 1.29 is 9.53 Å². The predicted molar refractivity (Wildman–Crippen MR) is 97.8 cm³/mol. The SMILES string of the molecule is COc1cc(C(=O)NCc2cccc3[nH]ncc23)ccc1-c1cn[nH]c1. The first-order valence-electron chi connectivity index (χ1n) is 8.12. The smallest absolute Gasteiger partial charge is 0.251 e. The normalized spacial score (nSPS) is 10.8. The number of methoxy groups -OCH3 is 1. The van der Waals surface area contributed by atoms with Crippen LogP contribution in [-0.2, 0) is 6.54 Å². The van der Waals surface area contributed by atoms with Gasteiger partial charge in [0.15, 0.2) is 0 Å². The van der Waals surface area contributed by atoms with Crippen molar-refractivity contribution in [3.05, 3.63) is 66.1 Å². The number of aromatic nitrogens is 4. The molecule has 7 heteroatoms. The molecule has 2 aromatic heterocycles. The van der Waals surface area contributed by atoms with Gasteiger partial charge in [-0.15, -0.1) is 0 Å². The molecule has 3 N–H and O–H groups in total. The number of hydrogen-bond acceptors (Lipinski definition) is 4. The Labute approximate surface area is 149 Å². The maximum Gasteiger partial charge on any atom is 0.251 e. The molecule has 130 valence electrons. The summed E-state index contributed by atoms with van der Waals surface area (Å²) in [7, 11) is 1.58. The van der Waals surface area contributed by atoms with Crippen molar-refractivity contribution in [1.82, 2.24) is 25.7 Å². The second kappa shape index (κ2) is 6.72. The fraction of sp³-hybridized carbons (Fsp3) is 0.105. The second-order valence-corrected chi connectivity index (χ2v) is 5.83. The third-order valence-corrected chi connectivity index (χ3v) is 4.29. The number of hydrogen-bond donors (Lipinski definition) is 3. The van der Waals surface area contributed by atoms with Crippen LogP contribution in [0.5, 0.6) is 5.75 Å². The molecule has 2 aromatic carbocycles. The third-order valence-electron chi connectivity index (χ3n) is 4.29. The molecule has 2 heterocycles. The first-order chi connectivity index (χ1) is 12.8. The number of nitrogens with zero attached hydrogens (tertiary/aromatic N) is 2. The van der Waals surface area contributed by atoms with Gasteiger partial charge in [0.25, 0.3) is 5.91 Å². The number of fused-ring (bicyclic) bond motifs is 1. The van der Waals surface area contributed by atoms with Gasteiger partial charge in [0.2, 0.25) is 0 Å². The molecule has 0 aliphatic rings. The van der Waals surface area contributed by atoms with Crippen LogP contribution in [0.2, 0.25) is 0 Å². The van der Waals surface area contributed by atoms with E-state index in [0.29, 0.717) is 17.9 Å². The van der Waals surface area contributed by atoms with Crippen LogP contribution in [0.4, 0.5) is 0 Å². The average molecular weight is 347 g/mol. The zero-order chi connectivity index (χ0) is 17.9. The Balaban J connectivity index is 1.54. The molecule has 0 unspecified atom stereocenters. The van der Waals surface area contributed by atoms with Crippen LogP contribution in [0.25, 0.3) is 22.0 Å². The molecule has 0 fully saturated rings. The fourth-order valence-electron chi connectivity index (χ4n) is 2.93. The highest BCUT2D eigenvalue weighted by Crippen LogP contribution is 2.30. The Bertz CT molecular complexity index is 1050. The van der Waals surface area contributed by atoms with Gasteiger partial charge in [0.1, 0.15) is 5.75 Å². The van der Waals surface area contributed by atoms with Gasteiger partial charge >= 0.3 is 0 Å². The van der Waals surface area contributed by atoms with E-state index in [1.165, 1.54) is 0 Å². The number of nitrogens with one attached hydrogen (secondary N) is 3. The minimum absolute atomic E-state index is 0.164. The lowest BCUT2D eigenvalue weighted by atomic mass is 10.0. The Kier molecular flexibility index (Phi) is 4.10. The molecule has 0 bridgehead atoms. The Hall–Kier alpha value is -3.61. The summed E-state index contributed by atoms with van der Waals surface area (Å²) >= 11 is 0. The largest absolute Gasteiger partial charge is 0.496 e. The monoisotopic (exact) mass is 347 g/mol. The van der Waals surface area contributed by atoms with E-state index in [-0.39, 0.29) is 5.91 Å². The zero-order valence-corrected chi connectivity index (χ0v) is 14.1. The van der Waals surface area contributed by atoms with Gasteiger partial charge in [-0.2, -0.15) is 10.2 Å². The molecule has 0 radical (unpaired) electrons. The van der Waals surface area contributed by atoms with Crippen molar-refractivity contribution in [2.45, 2.75) is 6.54 Å². The molecule has 7 nitrogen and oxygen atoms in total. The van der Waals surface area contributed by atoms with Crippen LogP contribution in [0.1, 0.15) is 15.9 Å². The highest BCUT2D eigenvalue weighted by Gasteiger charge is 2.13. The highest BCUT2D eigenvalue weighted by atomic mass is 16.5. The van der Waals surface area contributed by atoms with E-state index in [4.69, 9.17) is 4.74 Å². The van der Waals surface area contributed by atoms with E-state index in [9.17, 15) is 4.79 Å². The van der Waals surface area contributed by atoms with Gasteiger partial charge < -0.3 is 10.1 Å². The van der Waals surface area contributed by atoms with E-state index in [1.807, 2.05) is 24.3 Å². The van der Waals surface area contributed by atoms with Crippen molar-refractivity contribution in [2.24, 2.45) is 0 Å². The molecule has 0 atom stereocenters. The predicted octanol–water partition coefficient (Wildman–Crippen LogP) is 2.89. The van der Waals surface area contributed by atoms with E-state index in [2.05, 4.69) is 25.7 Å². The van der Waals surface area contributed by atoms with Crippen LogP contribution in [-0.4, -0.2) is 33.4 Å². The minimum Gasteiger partial charge on any atom is -0.496 e. The van der Waals surface area contributed by atoms with E-state index in [1.54, 1.807) is 37.8 Å². The van der Waals surface area contributed by atoms with Gasteiger partial charge in [-0.1, -0.05) is 12.1 Å². The number of aromatic amines is 2. The zero-order valence-electron chi connectivity index (χ0n) is 14.1. The number of carbonyl (C=O) groups is 1. The lowest BCUT2D eigenvalue weighted by Crippen LogP contribution is -2.22. The molecule has 0 saturated heterocycles. The van der Waals surface area contributed by atoms with Crippen LogP contribution in [0.3, 0.4) is 0 Å². The Morgan fingerprint density at radius 1 is 1.19 bits per heavy atom. The number of rotatable bonds is 5. The van der Waals surface area contributed by atoms with Crippen molar-refractivity contribution in [3.63, 3.8) is 0 Å². The van der Waals surface area contributed by atoms with E-state index >= 15 is 0 Å². The summed E-state index contributed by atoms with van der Waals surface area (Å²) in [5.74, 6) is 0.457. The molecule has 4 aromatic rings. The molecule has 4 rings (SSSR count). The molecule has 0 saturated carbocycles. The van der Waals surface area contributed by atoms with Crippen molar-refractivity contribution in [3.8, 4) is 16.9 Å². The van der Waals surface area contributed by atoms with Gasteiger partial charge in [0, 0.05) is 34.8 Å². The maximum atomic E-state index is 12.5. The van der Waals surface area contributed by atoms with Crippen LogP contribution in [0, 0.1) is 0 Å². The molecule has 0 spiro atoms. The quantitative estimate of drug-likeness (QED) is 0.517. The molecule has 0 aliphatic carbocycles. The van der Waals surface area contributed by atoms with Crippen LogP contribution in [0.15, 0.2) is 55.0 Å². The molecular formula is C19H17N5O2. The van der Waals surface area contributed by atoms with Gasteiger partial charge in [-0.05, 0) is 29.8 Å². The lowest BCUT2D eigenvalue weighted by molar-refractivity contribution is 0.0950. The number of carbonyl (C=O) groups excluding carboxylic acids is 1. The summed E-state index contributed by atoms with van der Waals surface area (Å²) in [6.45, 7) is 0.418. The van der Waals surface area contributed by atoms with Gasteiger partial charge in [-0.25, -0.2) is 0 Å². The summed E-state index contributed by atoms with van der Waals surface area (Å²) in [6, 6.07) is 11.2. The molecule has 0 aliphatic heterocycles. The number of ether oxygens (including phenoxy) is 1. The van der Waals surface area contributed by atoms with Gasteiger partial charge in [-0.3, -0.25) is 15.0 Å². The summed E-state index contributed by atoms with van der Waals surface area (Å²) < 4.78 is 5.44. The molecule has 26 heavy (non-hydrogen) atoms. The Morgan fingerprint density at radius 2 is 2.12 bits per heavy atom. The first-order valence-corrected chi connectivity index (χ1v) is 8.12. The average Bonchev–Trinajstić information content (AvgIpc) is 3.37. The topological polar surface area (TPSA) is 95.7 Å². The van der Waals surface area contributed by atoms with Crippen molar-refractivity contribution in [2.75, 3.05) is 7.11 Å². The van der Waals surface area contributed by atoms with Crippen LogP contribution < -0.4 is 10.1 Å². The molecule has 1 amide bonds. The summed E-state index contributed by atoms with van der Waals surface area (Å²) in [4.78, 5) is 12.5. The van der Waals surface area contributed by atoms with E-state index < -0.39 is 0 Å². The third kappa shape index (κ3) is 2.90. The number of amides is 1. The first kappa shape index (κ1) is 15.9. The number of H-pyrrole nitrogens is 2. The number of benzene rings is 2. The minimum atomic E-state index is -0.164. The summed E-state index contributed by atoms with van der Waals surface area (Å²) in [6.07, 6.45) is 5.26.